The first-order chi connectivity index (χ1) is 14.2. The van der Waals surface area contributed by atoms with Gasteiger partial charge in [-0.1, -0.05) is 12.1 Å². The van der Waals surface area contributed by atoms with E-state index in [1.165, 1.54) is 16.5 Å². The number of likely N-dealkylation sites (tertiary alicyclic amines) is 1. The first-order valence-electron chi connectivity index (χ1n) is 10.5. The van der Waals surface area contributed by atoms with Crippen LogP contribution in [0.5, 0.6) is 0 Å². The van der Waals surface area contributed by atoms with Crippen LogP contribution in [-0.2, 0) is 24.3 Å². The summed E-state index contributed by atoms with van der Waals surface area (Å²) in [5, 5.41) is 4.27. The Morgan fingerprint density at radius 1 is 1.28 bits per heavy atom. The lowest BCUT2D eigenvalue weighted by Crippen LogP contribution is -2.40. The van der Waals surface area contributed by atoms with Crippen molar-refractivity contribution < 1.29 is 9.21 Å². The molecule has 0 saturated carbocycles. The molecule has 0 radical (unpaired) electrons. The fourth-order valence-electron chi connectivity index (χ4n) is 4.33. The number of nitrogens with zero attached hydrogens (tertiary/aromatic N) is 2. The zero-order valence-electron chi connectivity index (χ0n) is 16.5. The first-order valence-corrected chi connectivity index (χ1v) is 10.5. The number of allylic oxidation sites excluding steroid dienone is 1. The van der Waals surface area contributed by atoms with E-state index in [2.05, 4.69) is 50.5 Å². The molecule has 1 fully saturated rings. The van der Waals surface area contributed by atoms with Gasteiger partial charge in [-0.3, -0.25) is 9.69 Å². The summed E-state index contributed by atoms with van der Waals surface area (Å²) in [4.78, 5) is 22.8. The van der Waals surface area contributed by atoms with Crippen LogP contribution in [0.2, 0.25) is 0 Å². The normalized spacial score (nSPS) is 17.5. The summed E-state index contributed by atoms with van der Waals surface area (Å²) in [6, 6.07) is 8.68. The average Bonchev–Trinajstić information content (AvgIpc) is 3.38. The van der Waals surface area contributed by atoms with Gasteiger partial charge in [0.05, 0.1) is 12.2 Å². The van der Waals surface area contributed by atoms with Crippen molar-refractivity contribution in [1.82, 2.24) is 20.2 Å². The predicted octanol–water partition coefficient (Wildman–Crippen LogP) is 3.64. The highest BCUT2D eigenvalue weighted by Gasteiger charge is 2.25. The number of carbonyl (C=O) groups is 1. The Kier molecular flexibility index (Phi) is 4.94. The van der Waals surface area contributed by atoms with Gasteiger partial charge in [-0.15, -0.1) is 0 Å². The first kappa shape index (κ1) is 18.2. The molecule has 150 valence electrons. The summed E-state index contributed by atoms with van der Waals surface area (Å²) in [7, 11) is 0. The van der Waals surface area contributed by atoms with E-state index in [9.17, 15) is 4.79 Å². The van der Waals surface area contributed by atoms with Gasteiger partial charge in [0, 0.05) is 24.2 Å². The number of aromatic nitrogens is 2. The van der Waals surface area contributed by atoms with E-state index in [1.54, 1.807) is 0 Å². The fourth-order valence-corrected chi connectivity index (χ4v) is 4.33. The van der Waals surface area contributed by atoms with Crippen molar-refractivity contribution >= 4 is 22.9 Å². The number of benzene rings is 1. The number of hydrogen-bond acceptors (Lipinski definition) is 4. The maximum Gasteiger partial charge on any atom is 0.223 e. The van der Waals surface area contributed by atoms with Crippen LogP contribution in [0.4, 0.5) is 0 Å². The van der Waals surface area contributed by atoms with E-state index in [0.717, 1.165) is 56.8 Å². The molecule has 0 unspecified atom stereocenters. The van der Waals surface area contributed by atoms with Crippen molar-refractivity contribution in [3.8, 4) is 0 Å². The smallest absolute Gasteiger partial charge is 0.223 e. The number of aryl methyl sites for hydroxylation is 1. The largest absolute Gasteiger partial charge is 0.439 e. The van der Waals surface area contributed by atoms with Crippen molar-refractivity contribution in [3.05, 3.63) is 59.4 Å². The average molecular weight is 390 g/mol. The van der Waals surface area contributed by atoms with Crippen molar-refractivity contribution in [2.45, 2.75) is 38.8 Å². The van der Waals surface area contributed by atoms with Gasteiger partial charge < -0.3 is 14.7 Å². The Bertz CT molecular complexity index is 1040. The highest BCUT2D eigenvalue weighted by atomic mass is 16.4. The third-order valence-electron chi connectivity index (χ3n) is 5.98. The minimum atomic E-state index is 0.0721. The lowest BCUT2D eigenvalue weighted by atomic mass is 9.95. The van der Waals surface area contributed by atoms with Gasteiger partial charge in [0.1, 0.15) is 5.76 Å². The van der Waals surface area contributed by atoms with Gasteiger partial charge in [-0.25, -0.2) is 4.98 Å². The SMILES string of the molecule is O=C(NCc1nc2c(o1)C=CCC2)C1CCN(Cc2ccc3[nH]ccc3c2)CC1. The Morgan fingerprint density at radius 3 is 3.03 bits per heavy atom. The van der Waals surface area contributed by atoms with Crippen molar-refractivity contribution in [2.24, 2.45) is 5.92 Å². The molecule has 1 aromatic carbocycles. The molecule has 2 aliphatic rings. The molecule has 1 amide bonds. The third kappa shape index (κ3) is 3.98. The number of piperidine rings is 1. The Labute approximate surface area is 170 Å². The molecule has 1 aliphatic carbocycles. The quantitative estimate of drug-likeness (QED) is 0.697. The summed E-state index contributed by atoms with van der Waals surface area (Å²) >= 11 is 0. The molecule has 29 heavy (non-hydrogen) atoms. The zero-order chi connectivity index (χ0) is 19.6. The van der Waals surface area contributed by atoms with Gasteiger partial charge in [0.15, 0.2) is 0 Å². The molecule has 2 aromatic heterocycles. The van der Waals surface area contributed by atoms with Crippen molar-refractivity contribution in [2.75, 3.05) is 13.1 Å². The molecule has 1 saturated heterocycles. The monoisotopic (exact) mass is 390 g/mol. The number of oxazole rings is 1. The second-order valence-electron chi connectivity index (χ2n) is 8.03. The Hall–Kier alpha value is -2.86. The number of carbonyl (C=O) groups excluding carboxylic acids is 1. The van der Waals surface area contributed by atoms with E-state index in [-0.39, 0.29) is 11.8 Å². The third-order valence-corrected chi connectivity index (χ3v) is 5.98. The molecule has 3 aromatic rings. The van der Waals surface area contributed by atoms with E-state index in [4.69, 9.17) is 4.42 Å². The maximum atomic E-state index is 12.6. The highest BCUT2D eigenvalue weighted by molar-refractivity contribution is 5.80. The molecule has 0 atom stereocenters. The van der Waals surface area contributed by atoms with Gasteiger partial charge in [0.25, 0.3) is 0 Å². The number of H-pyrrole nitrogens is 1. The molecule has 2 N–H and O–H groups in total. The van der Waals surface area contributed by atoms with Crippen LogP contribution in [0.3, 0.4) is 0 Å². The number of nitrogens with one attached hydrogen (secondary N) is 2. The molecular weight excluding hydrogens is 364 g/mol. The molecule has 3 heterocycles. The van der Waals surface area contributed by atoms with Gasteiger partial charge in [0.2, 0.25) is 11.8 Å². The fraction of sp³-hybridized carbons (Fsp3) is 0.391. The van der Waals surface area contributed by atoms with E-state index >= 15 is 0 Å². The summed E-state index contributed by atoms with van der Waals surface area (Å²) in [5.74, 6) is 1.63. The summed E-state index contributed by atoms with van der Waals surface area (Å²) in [5.41, 5.74) is 3.50. The van der Waals surface area contributed by atoms with E-state index < -0.39 is 0 Å². The lowest BCUT2D eigenvalue weighted by molar-refractivity contribution is -0.126. The second-order valence-corrected chi connectivity index (χ2v) is 8.03. The van der Waals surface area contributed by atoms with Gasteiger partial charge in [-0.2, -0.15) is 0 Å². The zero-order valence-corrected chi connectivity index (χ0v) is 16.5. The molecular formula is C23H26N4O2. The molecule has 0 spiro atoms. The second kappa shape index (κ2) is 7.87. The summed E-state index contributed by atoms with van der Waals surface area (Å²) in [6.45, 7) is 3.20. The van der Waals surface area contributed by atoms with Crippen LogP contribution >= 0.6 is 0 Å². The van der Waals surface area contributed by atoms with Gasteiger partial charge in [-0.05, 0) is 74.0 Å². The molecule has 1 aliphatic heterocycles. The van der Waals surface area contributed by atoms with Crippen LogP contribution in [0.25, 0.3) is 17.0 Å². The maximum absolute atomic E-state index is 12.6. The lowest BCUT2D eigenvalue weighted by Gasteiger charge is -2.31. The number of aromatic amines is 1. The number of rotatable bonds is 5. The number of fused-ring (bicyclic) bond motifs is 2. The summed E-state index contributed by atoms with van der Waals surface area (Å²) in [6.07, 6.45) is 9.75. The Balaban J connectivity index is 1.10. The molecule has 6 nitrogen and oxygen atoms in total. The highest BCUT2D eigenvalue weighted by Crippen LogP contribution is 2.22. The minimum absolute atomic E-state index is 0.0721. The number of amides is 1. The van der Waals surface area contributed by atoms with Crippen LogP contribution in [0.15, 0.2) is 41.0 Å². The van der Waals surface area contributed by atoms with Crippen LogP contribution in [0.1, 0.15) is 42.2 Å². The van der Waals surface area contributed by atoms with E-state index in [0.29, 0.717) is 12.4 Å². The topological polar surface area (TPSA) is 74.2 Å². The molecule has 5 rings (SSSR count). The van der Waals surface area contributed by atoms with Crippen LogP contribution in [-0.4, -0.2) is 33.9 Å². The van der Waals surface area contributed by atoms with Crippen LogP contribution in [0, 0.1) is 5.92 Å². The predicted molar refractivity (Wildman–Crippen MR) is 112 cm³/mol. The van der Waals surface area contributed by atoms with Gasteiger partial charge >= 0.3 is 0 Å². The summed E-state index contributed by atoms with van der Waals surface area (Å²) < 4.78 is 5.73. The minimum Gasteiger partial charge on any atom is -0.439 e. The standard InChI is InChI=1S/C23H26N4O2/c28-23(25-14-22-26-20-3-1-2-4-21(20)29-22)17-8-11-27(12-9-17)15-16-5-6-19-18(13-16)7-10-24-19/h2,4-7,10,13,17,24H,1,3,8-9,11-12,14-15H2,(H,25,28). The number of hydrogen-bond donors (Lipinski definition) is 2. The Morgan fingerprint density at radius 2 is 2.17 bits per heavy atom. The van der Waals surface area contributed by atoms with E-state index in [1.807, 2.05) is 12.3 Å². The van der Waals surface area contributed by atoms with Crippen molar-refractivity contribution in [3.63, 3.8) is 0 Å². The van der Waals surface area contributed by atoms with Crippen LogP contribution < -0.4 is 5.32 Å². The van der Waals surface area contributed by atoms with Crippen molar-refractivity contribution in [1.29, 1.82) is 0 Å². The molecule has 6 heteroatoms. The molecule has 0 bridgehead atoms.